The number of imidazole rings is 1. The lowest BCUT2D eigenvalue weighted by atomic mass is 9.89. The van der Waals surface area contributed by atoms with E-state index < -0.39 is 0 Å². The van der Waals surface area contributed by atoms with Crippen LogP contribution in [0.3, 0.4) is 0 Å². The summed E-state index contributed by atoms with van der Waals surface area (Å²) in [5.74, 6) is -0.371. The fraction of sp³-hybridized carbons (Fsp3) is 0.625. The summed E-state index contributed by atoms with van der Waals surface area (Å²) in [6.45, 7) is 2.12. The van der Waals surface area contributed by atoms with Gasteiger partial charge in [-0.3, -0.25) is 5.32 Å². The standard InChI is InChI=1S/C24H34N4O3S2/c1-3-31-22(29)19-16-25-24(27(19)2)33-21-15-14-20(32-21)26-23(30)28(17-10-6-4-7-11-17)18-12-8-5-9-13-18/h14-18H,3-13H2,1-2H3,(H,26,30). The number of amides is 2. The monoisotopic (exact) mass is 490 g/mol. The Balaban J connectivity index is 1.42. The SMILES string of the molecule is CCOC(=O)c1cnc(Sc2ccc(NC(=O)N(C3CCCCC3)C3CCCCC3)s2)n1C. The van der Waals surface area contributed by atoms with Crippen LogP contribution in [-0.4, -0.2) is 45.1 Å². The molecule has 180 valence electrons. The van der Waals surface area contributed by atoms with Crippen LogP contribution in [0.25, 0.3) is 0 Å². The lowest BCUT2D eigenvalue weighted by molar-refractivity contribution is 0.0514. The van der Waals surface area contributed by atoms with E-state index in [2.05, 4.69) is 15.2 Å². The second-order valence-corrected chi connectivity index (χ2v) is 11.2. The summed E-state index contributed by atoms with van der Waals surface area (Å²) in [7, 11) is 1.81. The topological polar surface area (TPSA) is 76.5 Å². The summed E-state index contributed by atoms with van der Waals surface area (Å²) in [5, 5.41) is 4.75. The molecule has 0 aromatic carbocycles. The van der Waals surface area contributed by atoms with Gasteiger partial charge in [0.2, 0.25) is 0 Å². The number of thiophene rings is 1. The van der Waals surface area contributed by atoms with Crippen LogP contribution in [0.15, 0.2) is 27.7 Å². The molecule has 2 aliphatic rings. The van der Waals surface area contributed by atoms with Crippen molar-refractivity contribution in [1.82, 2.24) is 14.5 Å². The minimum atomic E-state index is -0.371. The lowest BCUT2D eigenvalue weighted by Gasteiger charge is -2.41. The van der Waals surface area contributed by atoms with Crippen molar-refractivity contribution in [2.45, 2.75) is 92.6 Å². The zero-order chi connectivity index (χ0) is 23.2. The molecule has 2 saturated carbocycles. The number of carbonyl (C=O) groups excluding carboxylic acids is 2. The lowest BCUT2D eigenvalue weighted by Crippen LogP contribution is -2.50. The van der Waals surface area contributed by atoms with Crippen LogP contribution in [-0.2, 0) is 11.8 Å². The van der Waals surface area contributed by atoms with E-state index in [9.17, 15) is 9.59 Å². The maximum absolute atomic E-state index is 13.4. The molecule has 9 heteroatoms. The quantitative estimate of drug-likeness (QED) is 0.460. The highest BCUT2D eigenvalue weighted by Gasteiger charge is 2.32. The third-order valence-corrected chi connectivity index (χ3v) is 8.80. The number of urea groups is 1. The number of esters is 1. The fourth-order valence-corrected chi connectivity index (χ4v) is 6.88. The number of nitrogens with zero attached hydrogens (tertiary/aromatic N) is 3. The number of carbonyl (C=O) groups is 2. The van der Waals surface area contributed by atoms with E-state index in [1.807, 2.05) is 19.2 Å². The van der Waals surface area contributed by atoms with Crippen molar-refractivity contribution in [2.75, 3.05) is 11.9 Å². The van der Waals surface area contributed by atoms with Gasteiger partial charge in [-0.25, -0.2) is 14.6 Å². The van der Waals surface area contributed by atoms with Crippen LogP contribution in [0.5, 0.6) is 0 Å². The molecule has 2 aromatic rings. The molecule has 0 spiro atoms. The number of aromatic nitrogens is 2. The van der Waals surface area contributed by atoms with Gasteiger partial charge >= 0.3 is 12.0 Å². The Hall–Kier alpha value is -2.00. The molecule has 7 nitrogen and oxygen atoms in total. The molecule has 0 unspecified atom stereocenters. The molecule has 1 N–H and O–H groups in total. The molecule has 2 fully saturated rings. The van der Waals surface area contributed by atoms with Crippen LogP contribution in [0.1, 0.15) is 81.6 Å². The van der Waals surface area contributed by atoms with Crippen molar-refractivity contribution in [2.24, 2.45) is 7.05 Å². The number of ether oxygens (including phenoxy) is 1. The predicted octanol–water partition coefficient (Wildman–Crippen LogP) is 6.31. The molecule has 4 rings (SSSR count). The molecule has 33 heavy (non-hydrogen) atoms. The summed E-state index contributed by atoms with van der Waals surface area (Å²) in [4.78, 5) is 32.0. The van der Waals surface area contributed by atoms with Crippen molar-refractivity contribution in [3.63, 3.8) is 0 Å². The van der Waals surface area contributed by atoms with Crippen LogP contribution in [0, 0.1) is 0 Å². The maximum atomic E-state index is 13.4. The van der Waals surface area contributed by atoms with Gasteiger partial charge in [0.15, 0.2) is 5.16 Å². The first-order valence-electron chi connectivity index (χ1n) is 12.1. The van der Waals surface area contributed by atoms with E-state index in [4.69, 9.17) is 4.74 Å². The van der Waals surface area contributed by atoms with E-state index in [1.54, 1.807) is 17.7 Å². The zero-order valence-corrected chi connectivity index (χ0v) is 21.2. The molecular formula is C24H34N4O3S2. The average Bonchev–Trinajstić information content (AvgIpc) is 3.42. The van der Waals surface area contributed by atoms with Crippen LogP contribution in [0.4, 0.5) is 9.80 Å². The Morgan fingerprint density at radius 1 is 1.12 bits per heavy atom. The molecule has 2 aliphatic carbocycles. The summed E-state index contributed by atoms with van der Waals surface area (Å²) < 4.78 is 7.84. The van der Waals surface area contributed by atoms with E-state index in [1.165, 1.54) is 61.6 Å². The molecule has 0 aliphatic heterocycles. The Kier molecular flexibility index (Phi) is 8.35. The number of rotatable bonds is 7. The Morgan fingerprint density at radius 3 is 2.36 bits per heavy atom. The van der Waals surface area contributed by atoms with Crippen molar-refractivity contribution in [3.05, 3.63) is 24.0 Å². The average molecular weight is 491 g/mol. The normalized spacial score (nSPS) is 17.6. The van der Waals surface area contributed by atoms with E-state index in [-0.39, 0.29) is 12.0 Å². The minimum Gasteiger partial charge on any atom is -0.461 e. The van der Waals surface area contributed by atoms with Gasteiger partial charge in [-0.2, -0.15) is 0 Å². The number of nitrogens with one attached hydrogen (secondary N) is 1. The van der Waals surface area contributed by atoms with Gasteiger partial charge in [0, 0.05) is 19.1 Å². The Labute approximate surface area is 204 Å². The zero-order valence-electron chi connectivity index (χ0n) is 19.5. The molecule has 2 amide bonds. The van der Waals surface area contributed by atoms with E-state index in [0.717, 1.165) is 34.9 Å². The van der Waals surface area contributed by atoms with Crippen molar-refractivity contribution in [3.8, 4) is 0 Å². The molecule has 0 bridgehead atoms. The highest BCUT2D eigenvalue weighted by molar-refractivity contribution is 8.01. The Morgan fingerprint density at radius 2 is 1.76 bits per heavy atom. The highest BCUT2D eigenvalue weighted by Crippen LogP contribution is 2.36. The van der Waals surface area contributed by atoms with Crippen LogP contribution in [0.2, 0.25) is 0 Å². The second kappa shape index (κ2) is 11.4. The second-order valence-electron chi connectivity index (χ2n) is 8.85. The summed E-state index contributed by atoms with van der Waals surface area (Å²) in [5.41, 5.74) is 0.431. The molecular weight excluding hydrogens is 456 g/mol. The molecule has 2 heterocycles. The number of hydrogen-bond acceptors (Lipinski definition) is 6. The molecule has 0 atom stereocenters. The largest absolute Gasteiger partial charge is 0.461 e. The third-order valence-electron chi connectivity index (χ3n) is 6.60. The van der Waals surface area contributed by atoms with Gasteiger partial charge in [0.25, 0.3) is 0 Å². The summed E-state index contributed by atoms with van der Waals surface area (Å²) in [6.07, 6.45) is 13.5. The number of anilines is 1. The van der Waals surface area contributed by atoms with Gasteiger partial charge in [-0.15, -0.1) is 11.3 Å². The van der Waals surface area contributed by atoms with Crippen molar-refractivity contribution >= 4 is 40.1 Å². The molecule has 0 saturated heterocycles. The molecule has 0 radical (unpaired) electrons. The van der Waals surface area contributed by atoms with Gasteiger partial charge in [0.1, 0.15) is 5.69 Å². The van der Waals surface area contributed by atoms with E-state index in [0.29, 0.717) is 29.5 Å². The Bertz CT molecular complexity index is 927. The van der Waals surface area contributed by atoms with Crippen LogP contribution >= 0.6 is 23.1 Å². The van der Waals surface area contributed by atoms with Crippen molar-refractivity contribution < 1.29 is 14.3 Å². The van der Waals surface area contributed by atoms with Gasteiger partial charge < -0.3 is 14.2 Å². The van der Waals surface area contributed by atoms with Gasteiger partial charge in [-0.1, -0.05) is 38.5 Å². The van der Waals surface area contributed by atoms with E-state index >= 15 is 0 Å². The van der Waals surface area contributed by atoms with Crippen LogP contribution < -0.4 is 5.32 Å². The first kappa shape index (κ1) is 24.1. The minimum absolute atomic E-state index is 0.0498. The summed E-state index contributed by atoms with van der Waals surface area (Å²) >= 11 is 3.02. The first-order chi connectivity index (χ1) is 16.1. The third kappa shape index (κ3) is 5.93. The van der Waals surface area contributed by atoms with Gasteiger partial charge in [0.05, 0.1) is 22.0 Å². The predicted molar refractivity (Wildman–Crippen MR) is 132 cm³/mol. The summed E-state index contributed by atoms with van der Waals surface area (Å²) in [6, 6.07) is 4.73. The molecule has 2 aromatic heterocycles. The maximum Gasteiger partial charge on any atom is 0.356 e. The fourth-order valence-electron chi connectivity index (χ4n) is 4.93. The first-order valence-corrected chi connectivity index (χ1v) is 13.8. The number of hydrogen-bond donors (Lipinski definition) is 1. The highest BCUT2D eigenvalue weighted by atomic mass is 32.2. The van der Waals surface area contributed by atoms with Gasteiger partial charge in [-0.05, 0) is 56.5 Å². The van der Waals surface area contributed by atoms with Crippen molar-refractivity contribution in [1.29, 1.82) is 0 Å². The smallest absolute Gasteiger partial charge is 0.356 e.